The van der Waals surface area contributed by atoms with Crippen LogP contribution < -0.4 is 9.04 Å². The molecule has 0 unspecified atom stereocenters. The molecule has 12 heteroatoms. The summed E-state index contributed by atoms with van der Waals surface area (Å²) in [5, 5.41) is 11.8. The van der Waals surface area contributed by atoms with Crippen LogP contribution in [0.2, 0.25) is 0 Å². The summed E-state index contributed by atoms with van der Waals surface area (Å²) in [6.45, 7) is 1.68. The Bertz CT molecular complexity index is 1290. The molecule has 0 saturated carbocycles. The Morgan fingerprint density at radius 3 is 2.47 bits per heavy atom. The Morgan fingerprint density at radius 2 is 1.88 bits per heavy atom. The van der Waals surface area contributed by atoms with E-state index in [1.807, 2.05) is 0 Å². The molecule has 0 radical (unpaired) electrons. The minimum absolute atomic E-state index is 0.0135. The molecule has 182 valence electrons. The van der Waals surface area contributed by atoms with E-state index in [1.165, 1.54) is 0 Å². The van der Waals surface area contributed by atoms with E-state index in [9.17, 15) is 26.4 Å². The molecule has 2 aromatic carbocycles. The molecular formula is C22H22F3N3O5S. The Morgan fingerprint density at radius 1 is 1.18 bits per heavy atom. The molecule has 0 fully saturated rings. The molecule has 0 aliphatic carbocycles. The third-order valence-electron chi connectivity index (χ3n) is 4.95. The Balaban J connectivity index is 0.000000588. The van der Waals surface area contributed by atoms with Crippen molar-refractivity contribution >= 4 is 21.7 Å². The van der Waals surface area contributed by atoms with Crippen molar-refractivity contribution in [2.24, 2.45) is 7.05 Å². The van der Waals surface area contributed by atoms with Crippen LogP contribution in [0, 0.1) is 0 Å². The molecule has 2 heterocycles. The molecule has 8 nitrogen and oxygen atoms in total. The van der Waals surface area contributed by atoms with Crippen molar-refractivity contribution in [1.82, 2.24) is 9.78 Å². The standard InChI is InChI=1S/C19H16F3N3O3S.C3H6O2/c1-24-16(7-8-23-24)13-5-6-18-17(11-13)25(9-10-28-18)29(26,27)15-4-2-3-14(12-15)19(20,21)22;1-2-3(4)5/h2-8,11-12H,9-10H2,1H3;2H2,1H3,(H,4,5). The van der Waals surface area contributed by atoms with Gasteiger partial charge < -0.3 is 9.84 Å². The number of halogens is 3. The van der Waals surface area contributed by atoms with Gasteiger partial charge >= 0.3 is 12.1 Å². The molecule has 1 aliphatic heterocycles. The predicted molar refractivity (Wildman–Crippen MR) is 118 cm³/mol. The largest absolute Gasteiger partial charge is 0.489 e. The van der Waals surface area contributed by atoms with Gasteiger partial charge in [0.05, 0.1) is 28.4 Å². The number of carbonyl (C=O) groups is 1. The lowest BCUT2D eigenvalue weighted by molar-refractivity contribution is -0.138. The van der Waals surface area contributed by atoms with Crippen LogP contribution in [0.3, 0.4) is 0 Å². The number of aliphatic carboxylic acids is 1. The molecule has 34 heavy (non-hydrogen) atoms. The number of alkyl halides is 3. The van der Waals surface area contributed by atoms with Crippen molar-refractivity contribution < 1.29 is 36.2 Å². The number of sulfonamides is 1. The number of anilines is 1. The second kappa shape index (κ2) is 9.75. The van der Waals surface area contributed by atoms with Gasteiger partial charge in [-0.15, -0.1) is 0 Å². The van der Waals surface area contributed by atoms with Gasteiger partial charge in [-0.2, -0.15) is 18.3 Å². The lowest BCUT2D eigenvalue weighted by Gasteiger charge is -2.31. The maximum Gasteiger partial charge on any atom is 0.416 e. The van der Waals surface area contributed by atoms with Crippen molar-refractivity contribution in [2.75, 3.05) is 17.5 Å². The summed E-state index contributed by atoms with van der Waals surface area (Å²) >= 11 is 0. The van der Waals surface area contributed by atoms with Gasteiger partial charge in [-0.1, -0.05) is 13.0 Å². The highest BCUT2D eigenvalue weighted by Crippen LogP contribution is 2.39. The van der Waals surface area contributed by atoms with Crippen molar-refractivity contribution in [2.45, 2.75) is 24.4 Å². The first-order valence-corrected chi connectivity index (χ1v) is 11.6. The minimum atomic E-state index is -4.64. The topological polar surface area (TPSA) is 102 Å². The number of fused-ring (bicyclic) bond motifs is 1. The van der Waals surface area contributed by atoms with Crippen molar-refractivity contribution in [3.8, 4) is 17.0 Å². The van der Waals surface area contributed by atoms with Crippen LogP contribution in [0.1, 0.15) is 18.9 Å². The third-order valence-corrected chi connectivity index (χ3v) is 6.76. The first kappa shape index (κ1) is 25.1. The zero-order valence-electron chi connectivity index (χ0n) is 18.3. The minimum Gasteiger partial charge on any atom is -0.489 e. The van der Waals surface area contributed by atoms with Crippen LogP contribution in [0.4, 0.5) is 18.9 Å². The van der Waals surface area contributed by atoms with Crippen LogP contribution in [-0.4, -0.2) is 42.4 Å². The summed E-state index contributed by atoms with van der Waals surface area (Å²) in [6, 6.07) is 10.6. The number of benzene rings is 2. The van der Waals surface area contributed by atoms with Crippen molar-refractivity contribution in [3.63, 3.8) is 0 Å². The van der Waals surface area contributed by atoms with Crippen LogP contribution in [0.25, 0.3) is 11.3 Å². The SMILES string of the molecule is CCC(=O)O.Cn1nccc1-c1ccc2c(c1)N(S(=O)(=O)c1cccc(C(F)(F)F)c1)CCO2. The van der Waals surface area contributed by atoms with E-state index in [2.05, 4.69) is 5.10 Å². The summed E-state index contributed by atoms with van der Waals surface area (Å²) in [6.07, 6.45) is -2.80. The number of carboxylic acids is 1. The summed E-state index contributed by atoms with van der Waals surface area (Å²) in [5.74, 6) is -0.400. The smallest absolute Gasteiger partial charge is 0.416 e. The van der Waals surface area contributed by atoms with Crippen LogP contribution in [0.5, 0.6) is 5.75 Å². The summed E-state index contributed by atoms with van der Waals surface area (Å²) in [5.41, 5.74) is 0.719. The number of carboxylic acid groups (broad SMARTS) is 1. The van der Waals surface area contributed by atoms with Gasteiger partial charge in [0.15, 0.2) is 0 Å². The zero-order valence-corrected chi connectivity index (χ0v) is 19.1. The molecule has 0 amide bonds. The number of aryl methyl sites for hydroxylation is 1. The number of rotatable bonds is 4. The lowest BCUT2D eigenvalue weighted by atomic mass is 10.1. The molecule has 1 aromatic heterocycles. The highest BCUT2D eigenvalue weighted by atomic mass is 32.2. The predicted octanol–water partition coefficient (Wildman–Crippen LogP) is 4.17. The van der Waals surface area contributed by atoms with E-state index in [4.69, 9.17) is 9.84 Å². The fourth-order valence-corrected chi connectivity index (χ4v) is 4.72. The maximum atomic E-state index is 13.2. The van der Waals surface area contributed by atoms with Gasteiger partial charge in [0.1, 0.15) is 12.4 Å². The van der Waals surface area contributed by atoms with E-state index in [0.717, 1.165) is 28.2 Å². The highest BCUT2D eigenvalue weighted by molar-refractivity contribution is 7.92. The summed E-state index contributed by atoms with van der Waals surface area (Å²) < 4.78 is 73.8. The van der Waals surface area contributed by atoms with Crippen LogP contribution in [0.15, 0.2) is 59.6 Å². The first-order valence-electron chi connectivity index (χ1n) is 10.1. The summed E-state index contributed by atoms with van der Waals surface area (Å²) in [7, 11) is -2.47. The number of nitrogens with zero attached hydrogens (tertiary/aromatic N) is 3. The van der Waals surface area contributed by atoms with Gasteiger partial charge in [-0.25, -0.2) is 8.42 Å². The maximum absolute atomic E-state index is 13.2. The van der Waals surface area contributed by atoms with E-state index in [0.29, 0.717) is 17.4 Å². The Kier molecular flexibility index (Phi) is 7.20. The molecule has 0 saturated heterocycles. The van der Waals surface area contributed by atoms with Crippen molar-refractivity contribution in [3.05, 3.63) is 60.3 Å². The highest BCUT2D eigenvalue weighted by Gasteiger charge is 2.34. The second-order valence-electron chi connectivity index (χ2n) is 7.22. The number of ether oxygens (including phenoxy) is 1. The third kappa shape index (κ3) is 5.33. The van der Waals surface area contributed by atoms with Crippen molar-refractivity contribution in [1.29, 1.82) is 0 Å². The lowest BCUT2D eigenvalue weighted by Crippen LogP contribution is -2.38. The molecule has 3 aromatic rings. The van der Waals surface area contributed by atoms with Crippen LogP contribution in [-0.2, 0) is 28.0 Å². The number of hydrogen-bond donors (Lipinski definition) is 1. The molecule has 1 aliphatic rings. The Hall–Kier alpha value is -3.54. The quantitative estimate of drug-likeness (QED) is 0.581. The van der Waals surface area contributed by atoms with E-state index >= 15 is 0 Å². The molecule has 1 N–H and O–H groups in total. The van der Waals surface area contributed by atoms with Gasteiger partial charge in [0, 0.05) is 25.2 Å². The van der Waals surface area contributed by atoms with Crippen LogP contribution >= 0.6 is 0 Å². The molecule has 4 rings (SSSR count). The first-order chi connectivity index (χ1) is 15.9. The molecule has 0 atom stereocenters. The summed E-state index contributed by atoms with van der Waals surface area (Å²) in [4.78, 5) is 8.94. The zero-order chi connectivity index (χ0) is 25.1. The molecular weight excluding hydrogens is 475 g/mol. The van der Waals surface area contributed by atoms with Gasteiger partial charge in [0.2, 0.25) is 0 Å². The van der Waals surface area contributed by atoms with E-state index < -0.39 is 32.6 Å². The fraction of sp³-hybridized carbons (Fsp3) is 0.273. The molecule has 0 bridgehead atoms. The number of aromatic nitrogens is 2. The Labute approximate surface area is 194 Å². The monoisotopic (exact) mass is 497 g/mol. The van der Waals surface area contributed by atoms with E-state index in [1.54, 1.807) is 49.1 Å². The second-order valence-corrected chi connectivity index (χ2v) is 9.08. The van der Waals surface area contributed by atoms with Gasteiger partial charge in [-0.3, -0.25) is 13.8 Å². The number of hydrogen-bond acceptors (Lipinski definition) is 5. The average molecular weight is 497 g/mol. The van der Waals surface area contributed by atoms with Gasteiger partial charge in [0.25, 0.3) is 10.0 Å². The van der Waals surface area contributed by atoms with Gasteiger partial charge in [-0.05, 0) is 42.5 Å². The normalized spacial score (nSPS) is 13.4. The van der Waals surface area contributed by atoms with E-state index in [-0.39, 0.29) is 25.3 Å². The molecule has 0 spiro atoms. The fourth-order valence-electron chi connectivity index (χ4n) is 3.22. The average Bonchev–Trinajstić information content (AvgIpc) is 3.24.